The van der Waals surface area contributed by atoms with Gasteiger partial charge < -0.3 is 10.2 Å². The van der Waals surface area contributed by atoms with E-state index < -0.39 is 0 Å². The highest BCUT2D eigenvalue weighted by molar-refractivity contribution is 9.10. The Morgan fingerprint density at radius 2 is 1.92 bits per heavy atom. The smallest absolute Gasteiger partial charge is 0.324 e. The van der Waals surface area contributed by atoms with Crippen LogP contribution >= 0.6 is 15.9 Å². The highest BCUT2D eigenvalue weighted by atomic mass is 79.9. The summed E-state index contributed by atoms with van der Waals surface area (Å²) >= 11 is 3.38. The van der Waals surface area contributed by atoms with E-state index in [1.54, 1.807) is 12.1 Å². The summed E-state index contributed by atoms with van der Waals surface area (Å²) in [6.07, 6.45) is 0. The summed E-state index contributed by atoms with van der Waals surface area (Å²) in [5.41, 5.74) is 2.27. The van der Waals surface area contributed by atoms with Crippen molar-refractivity contribution < 1.29 is 14.0 Å². The van der Waals surface area contributed by atoms with Gasteiger partial charge in [0, 0.05) is 28.9 Å². The number of aryl methyl sites for hydroxylation is 1. The predicted octanol–water partition coefficient (Wildman–Crippen LogP) is 3.78. The summed E-state index contributed by atoms with van der Waals surface area (Å²) in [7, 11) is 0. The molecule has 1 heterocycles. The Balaban J connectivity index is 1.62. The van der Waals surface area contributed by atoms with Crippen molar-refractivity contribution in [3.05, 3.63) is 58.3 Å². The van der Waals surface area contributed by atoms with Crippen LogP contribution in [0, 0.1) is 12.7 Å². The largest absolute Gasteiger partial charge is 0.325 e. The lowest BCUT2D eigenvalue weighted by molar-refractivity contribution is -0.116. The molecule has 2 aromatic carbocycles. The molecular weight excluding hydrogens is 389 g/mol. The Bertz CT molecular complexity index is 810. The Hall–Kier alpha value is -2.41. The Kier molecular flexibility index (Phi) is 5.03. The molecular formula is C18H17BrFN3O2. The average Bonchev–Trinajstić information content (AvgIpc) is 2.92. The monoisotopic (exact) mass is 405 g/mol. The van der Waals surface area contributed by atoms with Crippen LogP contribution in [0.1, 0.15) is 5.56 Å². The predicted molar refractivity (Wildman–Crippen MR) is 98.2 cm³/mol. The van der Waals surface area contributed by atoms with E-state index in [1.165, 1.54) is 21.9 Å². The van der Waals surface area contributed by atoms with E-state index in [-0.39, 0.29) is 24.3 Å². The van der Waals surface area contributed by atoms with Crippen molar-refractivity contribution in [2.24, 2.45) is 0 Å². The van der Waals surface area contributed by atoms with Crippen molar-refractivity contribution in [2.45, 2.75) is 6.92 Å². The average molecular weight is 406 g/mol. The molecule has 3 rings (SSSR count). The number of carbonyl (C=O) groups is 2. The lowest BCUT2D eigenvalue weighted by Gasteiger charge is -2.18. The van der Waals surface area contributed by atoms with E-state index in [0.717, 1.165) is 15.7 Å². The molecule has 0 spiro atoms. The van der Waals surface area contributed by atoms with Crippen molar-refractivity contribution in [1.82, 2.24) is 4.90 Å². The second-order valence-corrected chi connectivity index (χ2v) is 6.76. The zero-order chi connectivity index (χ0) is 18.0. The molecule has 25 heavy (non-hydrogen) atoms. The van der Waals surface area contributed by atoms with Crippen LogP contribution in [0.3, 0.4) is 0 Å². The van der Waals surface area contributed by atoms with Gasteiger partial charge >= 0.3 is 6.03 Å². The van der Waals surface area contributed by atoms with E-state index in [2.05, 4.69) is 21.2 Å². The second-order valence-electron chi connectivity index (χ2n) is 5.84. The molecule has 0 bridgehead atoms. The first kappa shape index (κ1) is 17.4. The fraction of sp³-hybridized carbons (Fsp3) is 0.222. The molecule has 0 aliphatic carbocycles. The van der Waals surface area contributed by atoms with Gasteiger partial charge in [0.15, 0.2) is 0 Å². The first-order valence-corrected chi connectivity index (χ1v) is 8.61. The van der Waals surface area contributed by atoms with Gasteiger partial charge in [0.05, 0.1) is 0 Å². The van der Waals surface area contributed by atoms with Crippen LogP contribution in [0.5, 0.6) is 0 Å². The lowest BCUT2D eigenvalue weighted by atomic mass is 10.2. The van der Waals surface area contributed by atoms with Crippen LogP contribution in [0.2, 0.25) is 0 Å². The summed E-state index contributed by atoms with van der Waals surface area (Å²) in [6.45, 7) is 2.79. The third-order valence-electron chi connectivity index (χ3n) is 4.03. The van der Waals surface area contributed by atoms with E-state index in [4.69, 9.17) is 0 Å². The number of nitrogens with one attached hydrogen (secondary N) is 1. The van der Waals surface area contributed by atoms with Gasteiger partial charge in [-0.05, 0) is 55.0 Å². The van der Waals surface area contributed by atoms with Gasteiger partial charge in [-0.15, -0.1) is 0 Å². The summed E-state index contributed by atoms with van der Waals surface area (Å²) in [6, 6.07) is 11.1. The number of amides is 3. The van der Waals surface area contributed by atoms with Crippen molar-refractivity contribution in [3.63, 3.8) is 0 Å². The molecule has 0 atom stereocenters. The Labute approximate surface area is 153 Å². The normalized spacial score (nSPS) is 14.1. The number of halogens is 2. The van der Waals surface area contributed by atoms with E-state index >= 15 is 0 Å². The van der Waals surface area contributed by atoms with Crippen LogP contribution in [0.15, 0.2) is 46.9 Å². The Morgan fingerprint density at radius 1 is 1.20 bits per heavy atom. The van der Waals surface area contributed by atoms with Crippen molar-refractivity contribution in [1.29, 1.82) is 0 Å². The number of hydrogen-bond donors (Lipinski definition) is 1. The molecule has 1 aliphatic rings. The van der Waals surface area contributed by atoms with Gasteiger partial charge in [0.25, 0.3) is 0 Å². The van der Waals surface area contributed by atoms with Crippen LogP contribution in [-0.4, -0.2) is 36.5 Å². The molecule has 5 nitrogen and oxygen atoms in total. The minimum absolute atomic E-state index is 0.0218. The maximum Gasteiger partial charge on any atom is 0.325 e. The van der Waals surface area contributed by atoms with Crippen molar-refractivity contribution in [2.75, 3.05) is 29.9 Å². The number of anilines is 2. The molecule has 1 aliphatic heterocycles. The molecule has 0 unspecified atom stereocenters. The number of benzene rings is 2. The molecule has 7 heteroatoms. The fourth-order valence-electron chi connectivity index (χ4n) is 2.72. The van der Waals surface area contributed by atoms with Gasteiger partial charge in [-0.25, -0.2) is 9.18 Å². The van der Waals surface area contributed by atoms with Crippen molar-refractivity contribution >= 4 is 39.2 Å². The number of nitrogens with zero attached hydrogens (tertiary/aromatic N) is 2. The van der Waals surface area contributed by atoms with Gasteiger partial charge in [-0.2, -0.15) is 0 Å². The van der Waals surface area contributed by atoms with Crippen LogP contribution in [-0.2, 0) is 4.79 Å². The quantitative estimate of drug-likeness (QED) is 0.841. The fourth-order valence-corrected chi connectivity index (χ4v) is 3.20. The van der Waals surface area contributed by atoms with Crippen LogP contribution in [0.4, 0.5) is 20.6 Å². The standard InChI is InChI=1S/C18H17BrFN3O2/c1-12-10-13(19)2-7-16(12)21-17(24)11-22-8-9-23(18(22)25)15-5-3-14(20)4-6-15/h2-7,10H,8-9,11H2,1H3,(H,21,24). The van der Waals surface area contributed by atoms with Gasteiger partial charge in [0.2, 0.25) is 5.91 Å². The number of carbonyl (C=O) groups excluding carboxylic acids is 2. The van der Waals surface area contributed by atoms with Crippen LogP contribution in [0.25, 0.3) is 0 Å². The first-order chi connectivity index (χ1) is 11.9. The highest BCUT2D eigenvalue weighted by Crippen LogP contribution is 2.22. The zero-order valence-electron chi connectivity index (χ0n) is 13.6. The molecule has 1 fully saturated rings. The number of rotatable bonds is 4. The summed E-state index contributed by atoms with van der Waals surface area (Å²) < 4.78 is 14.0. The van der Waals surface area contributed by atoms with E-state index in [0.29, 0.717) is 18.8 Å². The minimum atomic E-state index is -0.350. The van der Waals surface area contributed by atoms with E-state index in [1.807, 2.05) is 25.1 Å². The first-order valence-electron chi connectivity index (χ1n) is 7.82. The summed E-state index contributed by atoms with van der Waals surface area (Å²) in [5.74, 6) is -0.601. The molecule has 130 valence electrons. The molecule has 3 amide bonds. The molecule has 0 saturated carbocycles. The molecule has 2 aromatic rings. The molecule has 0 radical (unpaired) electrons. The van der Waals surface area contributed by atoms with Crippen LogP contribution < -0.4 is 10.2 Å². The van der Waals surface area contributed by atoms with Gasteiger partial charge in [-0.1, -0.05) is 15.9 Å². The highest BCUT2D eigenvalue weighted by Gasteiger charge is 2.30. The molecule has 1 N–H and O–H groups in total. The number of urea groups is 1. The number of hydrogen-bond acceptors (Lipinski definition) is 2. The third-order valence-corrected chi connectivity index (χ3v) is 4.52. The van der Waals surface area contributed by atoms with Crippen molar-refractivity contribution in [3.8, 4) is 0 Å². The van der Waals surface area contributed by atoms with Gasteiger partial charge in [-0.3, -0.25) is 9.69 Å². The maximum atomic E-state index is 13.0. The molecule has 0 aromatic heterocycles. The third kappa shape index (κ3) is 3.99. The topological polar surface area (TPSA) is 52.7 Å². The summed E-state index contributed by atoms with van der Waals surface area (Å²) in [5, 5.41) is 2.83. The van der Waals surface area contributed by atoms with Gasteiger partial charge in [0.1, 0.15) is 12.4 Å². The Morgan fingerprint density at radius 3 is 2.60 bits per heavy atom. The molecule has 1 saturated heterocycles. The second kappa shape index (κ2) is 7.23. The SMILES string of the molecule is Cc1cc(Br)ccc1NC(=O)CN1CCN(c2ccc(F)cc2)C1=O. The minimum Gasteiger partial charge on any atom is -0.324 e. The lowest BCUT2D eigenvalue weighted by Crippen LogP contribution is -2.37. The summed E-state index contributed by atoms with van der Waals surface area (Å²) in [4.78, 5) is 27.7. The van der Waals surface area contributed by atoms with E-state index in [9.17, 15) is 14.0 Å². The zero-order valence-corrected chi connectivity index (χ0v) is 15.2. The maximum absolute atomic E-state index is 13.0.